The van der Waals surface area contributed by atoms with Gasteiger partial charge in [0.05, 0.1) is 17.2 Å². The predicted octanol–water partition coefficient (Wildman–Crippen LogP) is 3.16. The molecule has 0 aliphatic rings. The summed E-state index contributed by atoms with van der Waals surface area (Å²) in [6.45, 7) is 3.28. The van der Waals surface area contributed by atoms with E-state index in [1.54, 1.807) is 6.92 Å². The molecule has 88 valence electrons. The fraction of sp³-hybridized carbons (Fsp3) is 0.400. The van der Waals surface area contributed by atoms with Gasteiger partial charge in [0.25, 0.3) is 6.43 Å². The van der Waals surface area contributed by atoms with Crippen molar-refractivity contribution in [1.29, 1.82) is 0 Å². The maximum Gasteiger partial charge on any atom is 0.357 e. The van der Waals surface area contributed by atoms with Crippen LogP contribution < -0.4 is 0 Å². The highest BCUT2D eigenvalue weighted by atomic mass is 35.5. The Balaban J connectivity index is 3.16. The van der Waals surface area contributed by atoms with Gasteiger partial charge in [0.2, 0.25) is 0 Å². The fourth-order valence-corrected chi connectivity index (χ4v) is 1.39. The van der Waals surface area contributed by atoms with E-state index < -0.39 is 12.4 Å². The molecule has 0 N–H and O–H groups in total. The van der Waals surface area contributed by atoms with E-state index in [2.05, 4.69) is 4.98 Å². The Hall–Kier alpha value is -1.23. The van der Waals surface area contributed by atoms with Gasteiger partial charge >= 0.3 is 5.97 Å². The molecule has 1 rings (SSSR count). The number of alkyl halides is 2. The van der Waals surface area contributed by atoms with Gasteiger partial charge in [-0.3, -0.25) is 0 Å². The number of esters is 1. The minimum Gasteiger partial charge on any atom is -0.461 e. The fourth-order valence-electron chi connectivity index (χ4n) is 1.17. The third kappa shape index (κ3) is 2.47. The Kier molecular flexibility index (Phi) is 4.18. The van der Waals surface area contributed by atoms with Crippen molar-refractivity contribution in [1.82, 2.24) is 4.98 Å². The van der Waals surface area contributed by atoms with Crippen LogP contribution in [0.4, 0.5) is 8.78 Å². The lowest BCUT2D eigenvalue weighted by Crippen LogP contribution is -2.10. The van der Waals surface area contributed by atoms with Crippen molar-refractivity contribution < 1.29 is 18.3 Å². The zero-order valence-electron chi connectivity index (χ0n) is 8.76. The molecule has 0 amide bonds. The Morgan fingerprint density at radius 3 is 2.75 bits per heavy atom. The summed E-state index contributed by atoms with van der Waals surface area (Å²) in [6, 6.07) is 0. The minimum absolute atomic E-state index is 0.0312. The highest BCUT2D eigenvalue weighted by Crippen LogP contribution is 2.30. The summed E-state index contributed by atoms with van der Waals surface area (Å²) >= 11 is 5.71. The Morgan fingerprint density at radius 1 is 1.62 bits per heavy atom. The van der Waals surface area contributed by atoms with Crippen molar-refractivity contribution in [3.8, 4) is 0 Å². The van der Waals surface area contributed by atoms with E-state index in [-0.39, 0.29) is 28.5 Å². The molecule has 0 unspecified atom stereocenters. The molecule has 0 atom stereocenters. The van der Waals surface area contributed by atoms with Crippen molar-refractivity contribution >= 4 is 17.6 Å². The number of rotatable bonds is 3. The molecule has 0 saturated heterocycles. The number of pyridine rings is 1. The Morgan fingerprint density at radius 2 is 2.25 bits per heavy atom. The Labute approximate surface area is 96.4 Å². The quantitative estimate of drug-likeness (QED) is 0.773. The number of carbonyl (C=O) groups is 1. The van der Waals surface area contributed by atoms with Gasteiger partial charge in [-0.2, -0.15) is 0 Å². The molecule has 0 radical (unpaired) electrons. The molecule has 6 heteroatoms. The van der Waals surface area contributed by atoms with Gasteiger partial charge in [0, 0.05) is 11.8 Å². The van der Waals surface area contributed by atoms with E-state index in [1.165, 1.54) is 6.92 Å². The average molecular weight is 250 g/mol. The largest absolute Gasteiger partial charge is 0.461 e. The van der Waals surface area contributed by atoms with Gasteiger partial charge in [-0.05, 0) is 13.8 Å². The molecule has 0 aromatic carbocycles. The van der Waals surface area contributed by atoms with Crippen LogP contribution in [0.15, 0.2) is 6.20 Å². The number of nitrogens with zero attached hydrogens (tertiary/aromatic N) is 1. The molecule has 16 heavy (non-hydrogen) atoms. The van der Waals surface area contributed by atoms with Crippen LogP contribution in [0.25, 0.3) is 0 Å². The number of halogens is 3. The molecule has 0 aliphatic heterocycles. The summed E-state index contributed by atoms with van der Waals surface area (Å²) in [7, 11) is 0. The summed E-state index contributed by atoms with van der Waals surface area (Å²) in [5, 5.41) is -0.145. The second kappa shape index (κ2) is 5.21. The first-order valence-electron chi connectivity index (χ1n) is 4.59. The summed E-state index contributed by atoms with van der Waals surface area (Å²) in [6.07, 6.45) is -1.82. The second-order valence-corrected chi connectivity index (χ2v) is 3.40. The van der Waals surface area contributed by atoms with Crippen molar-refractivity contribution in [3.05, 3.63) is 28.0 Å². The number of aromatic nitrogens is 1. The van der Waals surface area contributed by atoms with Crippen LogP contribution in [0.3, 0.4) is 0 Å². The van der Waals surface area contributed by atoms with Gasteiger partial charge in [-0.25, -0.2) is 18.6 Å². The maximum absolute atomic E-state index is 12.4. The maximum atomic E-state index is 12.4. The molecule has 1 aromatic rings. The Bertz CT molecular complexity index is 410. The van der Waals surface area contributed by atoms with Crippen molar-refractivity contribution in [2.75, 3.05) is 6.61 Å². The minimum atomic E-state index is -2.71. The first-order valence-corrected chi connectivity index (χ1v) is 4.97. The van der Waals surface area contributed by atoms with E-state index in [0.717, 1.165) is 6.20 Å². The van der Waals surface area contributed by atoms with Crippen LogP contribution in [0.2, 0.25) is 5.02 Å². The van der Waals surface area contributed by atoms with Gasteiger partial charge < -0.3 is 4.74 Å². The zero-order chi connectivity index (χ0) is 12.3. The van der Waals surface area contributed by atoms with Crippen LogP contribution in [0.5, 0.6) is 0 Å². The van der Waals surface area contributed by atoms with Crippen LogP contribution in [0, 0.1) is 6.92 Å². The molecular formula is C10H10ClF2NO2. The van der Waals surface area contributed by atoms with Crippen molar-refractivity contribution in [2.24, 2.45) is 0 Å². The zero-order valence-corrected chi connectivity index (χ0v) is 9.52. The van der Waals surface area contributed by atoms with E-state index >= 15 is 0 Å². The normalized spacial score (nSPS) is 10.6. The molecular weight excluding hydrogens is 240 g/mol. The van der Waals surface area contributed by atoms with E-state index in [4.69, 9.17) is 16.3 Å². The van der Waals surface area contributed by atoms with Crippen LogP contribution in [-0.4, -0.2) is 17.6 Å². The third-order valence-electron chi connectivity index (χ3n) is 1.97. The monoisotopic (exact) mass is 249 g/mol. The summed E-state index contributed by atoms with van der Waals surface area (Å²) < 4.78 is 29.6. The van der Waals surface area contributed by atoms with E-state index in [9.17, 15) is 13.6 Å². The highest BCUT2D eigenvalue weighted by molar-refractivity contribution is 6.32. The third-order valence-corrected chi connectivity index (χ3v) is 2.48. The number of ether oxygens (including phenoxy) is 1. The second-order valence-electron chi connectivity index (χ2n) is 3.02. The lowest BCUT2D eigenvalue weighted by molar-refractivity contribution is 0.0518. The molecule has 1 heterocycles. The van der Waals surface area contributed by atoms with Gasteiger partial charge in [-0.15, -0.1) is 0 Å². The number of carbonyl (C=O) groups excluding carboxylic acids is 1. The van der Waals surface area contributed by atoms with Crippen molar-refractivity contribution in [3.63, 3.8) is 0 Å². The van der Waals surface area contributed by atoms with Crippen LogP contribution in [-0.2, 0) is 4.74 Å². The summed E-state index contributed by atoms with van der Waals surface area (Å²) in [5.41, 5.74) is -0.207. The van der Waals surface area contributed by atoms with E-state index in [1.807, 2.05) is 0 Å². The number of hydrogen-bond acceptors (Lipinski definition) is 3. The average Bonchev–Trinajstić information content (AvgIpc) is 2.21. The van der Waals surface area contributed by atoms with Crippen LogP contribution in [0.1, 0.15) is 35.0 Å². The van der Waals surface area contributed by atoms with Gasteiger partial charge in [0.15, 0.2) is 5.69 Å². The topological polar surface area (TPSA) is 39.2 Å². The predicted molar refractivity (Wildman–Crippen MR) is 54.9 cm³/mol. The molecule has 0 saturated carbocycles. The summed E-state index contributed by atoms with van der Waals surface area (Å²) in [5.74, 6) is -0.664. The molecule has 3 nitrogen and oxygen atoms in total. The van der Waals surface area contributed by atoms with E-state index in [0.29, 0.717) is 0 Å². The molecule has 0 aliphatic carbocycles. The standard InChI is InChI=1S/C10H10ClF2NO2/c1-3-16-10(15)8-5(2)7(11)6(4-14-8)9(12)13/h4,9H,3H2,1-2H3. The highest BCUT2D eigenvalue weighted by Gasteiger charge is 2.20. The molecule has 1 aromatic heterocycles. The van der Waals surface area contributed by atoms with Crippen molar-refractivity contribution in [2.45, 2.75) is 20.3 Å². The van der Waals surface area contributed by atoms with Gasteiger partial charge in [0.1, 0.15) is 0 Å². The van der Waals surface area contributed by atoms with Gasteiger partial charge in [-0.1, -0.05) is 11.6 Å². The molecule has 0 spiro atoms. The molecule has 0 fully saturated rings. The SMILES string of the molecule is CCOC(=O)c1ncc(C(F)F)c(Cl)c1C. The lowest BCUT2D eigenvalue weighted by atomic mass is 10.1. The smallest absolute Gasteiger partial charge is 0.357 e. The first-order chi connectivity index (χ1) is 7.49. The lowest BCUT2D eigenvalue weighted by Gasteiger charge is -2.09. The van der Waals surface area contributed by atoms with Crippen LogP contribution >= 0.6 is 11.6 Å². The molecule has 0 bridgehead atoms. The first kappa shape index (κ1) is 12.8. The summed E-state index contributed by atoms with van der Waals surface area (Å²) in [4.78, 5) is 15.0. The number of hydrogen-bond donors (Lipinski definition) is 0.